The first kappa shape index (κ1) is 19.2. The van der Waals surface area contributed by atoms with Gasteiger partial charge >= 0.3 is 6.18 Å². The molecule has 2 aliphatic heterocycles. The van der Waals surface area contributed by atoms with Gasteiger partial charge in [0, 0.05) is 26.2 Å². The molecule has 2 amide bonds. The minimum atomic E-state index is -4.68. The smallest absolute Gasteiger partial charge is 0.359 e. The first-order chi connectivity index (χ1) is 13.0. The standard InChI is InChI=1S/C16H19F3N4O4S/c1-20-13(24)10-4-5-28(26,27)15(10)7-22(8-15)14(25)11-6-12(16(17,18)19)21-23(11)9-2-3-9/h6,9-10H,2-5,7-8H2,1H3,(H,20,24). The minimum Gasteiger partial charge on any atom is -0.359 e. The van der Waals surface area contributed by atoms with Crippen LogP contribution in [0.2, 0.25) is 0 Å². The fourth-order valence-electron chi connectivity index (χ4n) is 4.11. The van der Waals surface area contributed by atoms with Gasteiger partial charge in [0.05, 0.1) is 17.7 Å². The maximum atomic E-state index is 13.0. The summed E-state index contributed by atoms with van der Waals surface area (Å²) in [5.74, 6) is -2.02. The minimum absolute atomic E-state index is 0.147. The van der Waals surface area contributed by atoms with Crippen molar-refractivity contribution in [3.05, 3.63) is 17.5 Å². The van der Waals surface area contributed by atoms with Crippen LogP contribution in [0.3, 0.4) is 0 Å². The van der Waals surface area contributed by atoms with Gasteiger partial charge in [0.2, 0.25) is 5.91 Å². The molecule has 1 saturated carbocycles. The zero-order chi connectivity index (χ0) is 20.5. The SMILES string of the molecule is CNC(=O)C1CCS(=O)(=O)C12CN(C(=O)c1cc(C(F)(F)F)nn1C1CC1)C2. The second-order valence-corrected chi connectivity index (χ2v) is 10.0. The molecule has 1 aliphatic carbocycles. The first-order valence-corrected chi connectivity index (χ1v) is 10.6. The van der Waals surface area contributed by atoms with Crippen molar-refractivity contribution in [3.63, 3.8) is 0 Å². The summed E-state index contributed by atoms with van der Waals surface area (Å²) in [7, 11) is -2.18. The summed E-state index contributed by atoms with van der Waals surface area (Å²) in [5, 5.41) is 5.99. The van der Waals surface area contributed by atoms with Crippen molar-refractivity contribution >= 4 is 21.7 Å². The highest BCUT2D eigenvalue weighted by Crippen LogP contribution is 2.46. The van der Waals surface area contributed by atoms with Crippen LogP contribution in [-0.4, -0.2) is 65.5 Å². The molecule has 28 heavy (non-hydrogen) atoms. The number of rotatable bonds is 3. The van der Waals surface area contributed by atoms with Crippen LogP contribution < -0.4 is 5.32 Å². The predicted octanol–water partition coefficient (Wildman–Crippen LogP) is 0.612. The molecule has 0 bridgehead atoms. The van der Waals surface area contributed by atoms with E-state index in [2.05, 4.69) is 10.4 Å². The van der Waals surface area contributed by atoms with Gasteiger partial charge in [-0.1, -0.05) is 0 Å². The van der Waals surface area contributed by atoms with Crippen molar-refractivity contribution in [3.8, 4) is 0 Å². The van der Waals surface area contributed by atoms with Crippen LogP contribution in [0.5, 0.6) is 0 Å². The van der Waals surface area contributed by atoms with Crippen LogP contribution in [0, 0.1) is 5.92 Å². The molecular weight excluding hydrogens is 401 g/mol. The van der Waals surface area contributed by atoms with Crippen LogP contribution in [-0.2, 0) is 20.8 Å². The molecule has 1 N–H and O–H groups in total. The quantitative estimate of drug-likeness (QED) is 0.772. The number of sulfone groups is 1. The van der Waals surface area contributed by atoms with E-state index in [4.69, 9.17) is 0 Å². The third-order valence-electron chi connectivity index (χ3n) is 5.83. The van der Waals surface area contributed by atoms with Crippen LogP contribution in [0.4, 0.5) is 13.2 Å². The van der Waals surface area contributed by atoms with Crippen LogP contribution >= 0.6 is 0 Å². The average Bonchev–Trinajstić information content (AvgIpc) is 3.24. The van der Waals surface area contributed by atoms with Gasteiger partial charge in [-0.2, -0.15) is 18.3 Å². The molecule has 3 heterocycles. The molecule has 3 aliphatic rings. The van der Waals surface area contributed by atoms with Gasteiger partial charge in [-0.3, -0.25) is 14.3 Å². The Bertz CT molecular complexity index is 946. The van der Waals surface area contributed by atoms with Crippen molar-refractivity contribution in [2.24, 2.45) is 5.92 Å². The molecule has 0 aromatic carbocycles. The summed E-state index contributed by atoms with van der Waals surface area (Å²) >= 11 is 0. The Balaban J connectivity index is 1.60. The highest BCUT2D eigenvalue weighted by Gasteiger charge is 2.64. The van der Waals surface area contributed by atoms with Gasteiger partial charge in [0.15, 0.2) is 15.5 Å². The summed E-state index contributed by atoms with van der Waals surface area (Å²) in [4.78, 5) is 26.1. The van der Waals surface area contributed by atoms with Gasteiger partial charge in [0.25, 0.3) is 5.91 Å². The van der Waals surface area contributed by atoms with E-state index in [0.717, 1.165) is 4.68 Å². The van der Waals surface area contributed by atoms with E-state index < -0.39 is 44.2 Å². The number of alkyl halides is 3. The molecule has 4 rings (SSSR count). The Kier molecular flexibility index (Phi) is 4.08. The largest absolute Gasteiger partial charge is 0.435 e. The zero-order valence-electron chi connectivity index (χ0n) is 15.0. The van der Waals surface area contributed by atoms with Crippen molar-refractivity contribution < 1.29 is 31.2 Å². The Hall–Kier alpha value is -2.11. The summed E-state index contributed by atoms with van der Waals surface area (Å²) in [5.41, 5.74) is -1.34. The maximum absolute atomic E-state index is 13.0. The van der Waals surface area contributed by atoms with Gasteiger partial charge in [-0.15, -0.1) is 0 Å². The molecule has 12 heteroatoms. The van der Waals surface area contributed by atoms with Crippen LogP contribution in [0.1, 0.15) is 41.5 Å². The molecule has 0 radical (unpaired) electrons. The Morgan fingerprint density at radius 3 is 2.43 bits per heavy atom. The number of nitrogens with zero attached hydrogens (tertiary/aromatic N) is 3. The molecular formula is C16H19F3N4O4S. The third kappa shape index (κ3) is 2.72. The van der Waals surface area contributed by atoms with Crippen LogP contribution in [0.25, 0.3) is 0 Å². The Morgan fingerprint density at radius 2 is 1.89 bits per heavy atom. The number of aromatic nitrogens is 2. The van der Waals surface area contributed by atoms with Crippen LogP contribution in [0.15, 0.2) is 6.07 Å². The molecule has 1 spiro atoms. The summed E-state index contributed by atoms with van der Waals surface area (Å²) in [6, 6.07) is 0.463. The number of carbonyl (C=O) groups is 2. The van der Waals surface area contributed by atoms with Crippen molar-refractivity contribution in [1.82, 2.24) is 20.0 Å². The molecule has 1 aromatic rings. The summed E-state index contributed by atoms with van der Waals surface area (Å²) < 4.78 is 63.9. The maximum Gasteiger partial charge on any atom is 0.435 e. The van der Waals surface area contributed by atoms with E-state index in [9.17, 15) is 31.2 Å². The normalized spacial score (nSPS) is 25.6. The Labute approximate surface area is 159 Å². The predicted molar refractivity (Wildman–Crippen MR) is 90.1 cm³/mol. The summed E-state index contributed by atoms with van der Waals surface area (Å²) in [6.45, 7) is -0.410. The van der Waals surface area contributed by atoms with Crippen molar-refractivity contribution in [2.75, 3.05) is 25.9 Å². The lowest BCUT2D eigenvalue weighted by molar-refractivity contribution is -0.141. The number of likely N-dealkylation sites (tertiary alicyclic amines) is 1. The van der Waals surface area contributed by atoms with E-state index in [1.165, 1.54) is 11.9 Å². The molecule has 1 atom stereocenters. The third-order valence-corrected chi connectivity index (χ3v) is 8.39. The number of amides is 2. The van der Waals surface area contributed by atoms with Gasteiger partial charge in [-0.25, -0.2) is 8.42 Å². The lowest BCUT2D eigenvalue weighted by Crippen LogP contribution is -2.70. The number of halogens is 3. The van der Waals surface area contributed by atoms with E-state index in [1.54, 1.807) is 0 Å². The fraction of sp³-hybridized carbons (Fsp3) is 0.688. The number of hydrogen-bond acceptors (Lipinski definition) is 5. The monoisotopic (exact) mass is 420 g/mol. The topological polar surface area (TPSA) is 101 Å². The van der Waals surface area contributed by atoms with E-state index in [-0.39, 0.29) is 37.0 Å². The summed E-state index contributed by atoms with van der Waals surface area (Å²) in [6.07, 6.45) is -3.24. The highest BCUT2D eigenvalue weighted by atomic mass is 32.2. The molecule has 1 unspecified atom stereocenters. The lowest BCUT2D eigenvalue weighted by Gasteiger charge is -2.49. The van der Waals surface area contributed by atoms with Crippen molar-refractivity contribution in [1.29, 1.82) is 0 Å². The van der Waals surface area contributed by atoms with E-state index in [1.807, 2.05) is 0 Å². The highest BCUT2D eigenvalue weighted by molar-refractivity contribution is 7.93. The molecule has 1 aromatic heterocycles. The molecule has 8 nitrogen and oxygen atoms in total. The molecule has 2 saturated heterocycles. The number of nitrogens with one attached hydrogen (secondary N) is 1. The number of hydrogen-bond donors (Lipinski definition) is 1. The van der Waals surface area contributed by atoms with Gasteiger partial charge < -0.3 is 10.2 Å². The molecule has 3 fully saturated rings. The van der Waals surface area contributed by atoms with E-state index in [0.29, 0.717) is 18.9 Å². The van der Waals surface area contributed by atoms with Gasteiger partial charge in [-0.05, 0) is 19.3 Å². The van der Waals surface area contributed by atoms with Gasteiger partial charge in [0.1, 0.15) is 10.4 Å². The Morgan fingerprint density at radius 1 is 1.25 bits per heavy atom. The fourth-order valence-corrected chi connectivity index (χ4v) is 6.43. The average molecular weight is 420 g/mol. The number of carbonyl (C=O) groups excluding carboxylic acids is 2. The lowest BCUT2D eigenvalue weighted by atomic mass is 9.82. The van der Waals surface area contributed by atoms with E-state index >= 15 is 0 Å². The second kappa shape index (κ2) is 5.94. The second-order valence-electron chi connectivity index (χ2n) is 7.59. The molecule has 154 valence electrons. The first-order valence-electron chi connectivity index (χ1n) is 8.90. The zero-order valence-corrected chi connectivity index (χ0v) is 15.8. The van der Waals surface area contributed by atoms with Crippen molar-refractivity contribution in [2.45, 2.75) is 36.2 Å².